The lowest BCUT2D eigenvalue weighted by molar-refractivity contribution is -0.124. The van der Waals surface area contributed by atoms with Crippen molar-refractivity contribution in [2.24, 2.45) is 0 Å². The van der Waals surface area contributed by atoms with Crippen molar-refractivity contribution in [3.63, 3.8) is 0 Å². The second-order valence-corrected chi connectivity index (χ2v) is 7.05. The van der Waals surface area contributed by atoms with E-state index in [9.17, 15) is 4.79 Å². The Bertz CT molecular complexity index is 391. The number of ketones is 1. The van der Waals surface area contributed by atoms with Crippen molar-refractivity contribution >= 4 is 29.3 Å². The van der Waals surface area contributed by atoms with Gasteiger partial charge in [0.25, 0.3) is 0 Å². The standard InChI is InChI=1S/C14H18ClNOS/c15-10-4-6-14(7-5-10)18-16-11-2-1-3-12(16)9-13(17)8-11/h4-6,11-12,14H,1-3,7-9H2. The van der Waals surface area contributed by atoms with Gasteiger partial charge in [0.15, 0.2) is 0 Å². The lowest BCUT2D eigenvalue weighted by atomic mass is 9.86. The number of carbonyl (C=O) groups is 1. The first-order chi connectivity index (χ1) is 8.72. The van der Waals surface area contributed by atoms with E-state index >= 15 is 0 Å². The van der Waals surface area contributed by atoms with E-state index in [-0.39, 0.29) is 0 Å². The molecule has 2 bridgehead atoms. The van der Waals surface area contributed by atoms with Gasteiger partial charge in [-0.25, -0.2) is 4.31 Å². The molecule has 0 N–H and O–H groups in total. The van der Waals surface area contributed by atoms with Gasteiger partial charge in [-0.2, -0.15) is 0 Å². The molecule has 0 amide bonds. The molecule has 0 aromatic carbocycles. The van der Waals surface area contributed by atoms with Crippen LogP contribution >= 0.6 is 23.5 Å². The van der Waals surface area contributed by atoms with Gasteiger partial charge in [-0.3, -0.25) is 4.79 Å². The number of allylic oxidation sites excluding steroid dienone is 3. The third-order valence-electron chi connectivity index (χ3n) is 3.99. The van der Waals surface area contributed by atoms with Gasteiger partial charge in [-0.05, 0) is 25.3 Å². The molecule has 2 fully saturated rings. The van der Waals surface area contributed by atoms with Crippen molar-refractivity contribution in [3.8, 4) is 0 Å². The minimum atomic E-state index is 0.462. The first kappa shape index (κ1) is 12.8. The third-order valence-corrected chi connectivity index (χ3v) is 5.73. The van der Waals surface area contributed by atoms with Gasteiger partial charge in [0.2, 0.25) is 0 Å². The Labute approximate surface area is 118 Å². The van der Waals surface area contributed by atoms with E-state index < -0.39 is 0 Å². The zero-order chi connectivity index (χ0) is 12.5. The molecular formula is C14H18ClNOS. The lowest BCUT2D eigenvalue weighted by Gasteiger charge is -2.45. The predicted molar refractivity (Wildman–Crippen MR) is 76.6 cm³/mol. The Hall–Kier alpha value is -0.250. The molecule has 18 heavy (non-hydrogen) atoms. The second-order valence-electron chi connectivity index (χ2n) is 5.37. The average molecular weight is 284 g/mol. The van der Waals surface area contributed by atoms with Crippen LogP contribution in [0.2, 0.25) is 0 Å². The molecule has 3 unspecified atom stereocenters. The lowest BCUT2D eigenvalue weighted by Crippen LogP contribution is -2.49. The van der Waals surface area contributed by atoms with Gasteiger partial charge < -0.3 is 0 Å². The van der Waals surface area contributed by atoms with Gasteiger partial charge in [-0.1, -0.05) is 42.1 Å². The first-order valence-corrected chi connectivity index (χ1v) is 7.94. The monoisotopic (exact) mass is 283 g/mol. The number of rotatable bonds is 2. The van der Waals surface area contributed by atoms with E-state index in [1.165, 1.54) is 19.3 Å². The summed E-state index contributed by atoms with van der Waals surface area (Å²) >= 11 is 7.88. The van der Waals surface area contributed by atoms with Crippen molar-refractivity contribution in [1.82, 2.24) is 4.31 Å². The van der Waals surface area contributed by atoms with Crippen LogP contribution in [0, 0.1) is 0 Å². The summed E-state index contributed by atoms with van der Waals surface area (Å²) in [5.74, 6) is 0.462. The highest BCUT2D eigenvalue weighted by Crippen LogP contribution is 2.40. The fraction of sp³-hybridized carbons (Fsp3) is 0.643. The van der Waals surface area contributed by atoms with E-state index in [2.05, 4.69) is 16.5 Å². The number of halogens is 1. The van der Waals surface area contributed by atoms with Crippen LogP contribution in [0.15, 0.2) is 23.3 Å². The third kappa shape index (κ3) is 2.68. The summed E-state index contributed by atoms with van der Waals surface area (Å²) in [6.45, 7) is 0. The predicted octanol–water partition coefficient (Wildman–Crippen LogP) is 3.67. The molecule has 2 heterocycles. The number of carbonyl (C=O) groups excluding carboxylic acids is 1. The molecule has 0 aromatic heterocycles. The van der Waals surface area contributed by atoms with E-state index in [0.717, 1.165) is 24.3 Å². The van der Waals surface area contributed by atoms with Crippen LogP contribution in [-0.4, -0.2) is 27.4 Å². The molecular weight excluding hydrogens is 266 g/mol. The van der Waals surface area contributed by atoms with Gasteiger partial charge in [0.05, 0.1) is 0 Å². The summed E-state index contributed by atoms with van der Waals surface area (Å²) in [5, 5.41) is 1.34. The Morgan fingerprint density at radius 1 is 1.28 bits per heavy atom. The summed E-state index contributed by atoms with van der Waals surface area (Å²) in [6.07, 6.45) is 12.4. The highest BCUT2D eigenvalue weighted by molar-refractivity contribution is 7.97. The number of Topliss-reactive ketones (excluding diaryl/α,β-unsaturated/α-hetero) is 1. The summed E-state index contributed by atoms with van der Waals surface area (Å²) in [4.78, 5) is 11.7. The van der Waals surface area contributed by atoms with Crippen LogP contribution in [0.1, 0.15) is 38.5 Å². The number of hydrogen-bond donors (Lipinski definition) is 0. The van der Waals surface area contributed by atoms with Crippen molar-refractivity contribution in [1.29, 1.82) is 0 Å². The Balaban J connectivity index is 1.65. The average Bonchev–Trinajstić information content (AvgIpc) is 2.33. The highest BCUT2D eigenvalue weighted by Gasteiger charge is 2.38. The van der Waals surface area contributed by atoms with Crippen molar-refractivity contribution in [3.05, 3.63) is 23.3 Å². The van der Waals surface area contributed by atoms with Gasteiger partial charge in [0, 0.05) is 35.2 Å². The normalized spacial score (nSPS) is 36.6. The van der Waals surface area contributed by atoms with E-state index in [4.69, 9.17) is 11.6 Å². The maximum absolute atomic E-state index is 11.7. The summed E-state index contributed by atoms with van der Waals surface area (Å²) in [7, 11) is 0. The second kappa shape index (κ2) is 5.40. The summed E-state index contributed by atoms with van der Waals surface area (Å²) in [5.41, 5.74) is 0. The van der Waals surface area contributed by atoms with Crippen LogP contribution < -0.4 is 0 Å². The SMILES string of the molecule is O=C1CC2CCCC(C1)N2SC1C=CC(Cl)=CC1. The van der Waals surface area contributed by atoms with Crippen LogP contribution in [0.4, 0.5) is 0 Å². The van der Waals surface area contributed by atoms with Gasteiger partial charge in [0.1, 0.15) is 5.78 Å². The molecule has 3 rings (SSSR count). The fourth-order valence-electron chi connectivity index (χ4n) is 3.12. The zero-order valence-corrected chi connectivity index (χ0v) is 11.9. The highest BCUT2D eigenvalue weighted by atomic mass is 35.5. The number of nitrogens with zero attached hydrogens (tertiary/aromatic N) is 1. The quantitative estimate of drug-likeness (QED) is 0.721. The zero-order valence-electron chi connectivity index (χ0n) is 10.3. The number of fused-ring (bicyclic) bond motifs is 2. The minimum Gasteiger partial charge on any atom is -0.300 e. The molecule has 0 radical (unpaired) electrons. The van der Waals surface area contributed by atoms with Gasteiger partial charge in [-0.15, -0.1) is 0 Å². The number of piperidine rings is 2. The summed E-state index contributed by atoms with van der Waals surface area (Å²) in [6, 6.07) is 0.953. The molecule has 4 heteroatoms. The van der Waals surface area contributed by atoms with Crippen LogP contribution in [-0.2, 0) is 4.79 Å². The minimum absolute atomic E-state index is 0.462. The molecule has 2 aliphatic heterocycles. The van der Waals surface area contributed by atoms with Crippen LogP contribution in [0.25, 0.3) is 0 Å². The van der Waals surface area contributed by atoms with Crippen LogP contribution in [0.3, 0.4) is 0 Å². The molecule has 0 aromatic rings. The van der Waals surface area contributed by atoms with Crippen molar-refractivity contribution < 1.29 is 4.79 Å². The molecule has 98 valence electrons. The smallest absolute Gasteiger partial charge is 0.136 e. The molecule has 1 aliphatic carbocycles. The maximum Gasteiger partial charge on any atom is 0.136 e. The maximum atomic E-state index is 11.7. The molecule has 3 atom stereocenters. The largest absolute Gasteiger partial charge is 0.300 e. The Kier molecular flexibility index (Phi) is 3.83. The van der Waals surface area contributed by atoms with Crippen LogP contribution in [0.5, 0.6) is 0 Å². The van der Waals surface area contributed by atoms with E-state index in [1.54, 1.807) is 0 Å². The van der Waals surface area contributed by atoms with E-state index in [0.29, 0.717) is 23.1 Å². The van der Waals surface area contributed by atoms with E-state index in [1.807, 2.05) is 18.0 Å². The molecule has 2 nitrogen and oxygen atoms in total. The van der Waals surface area contributed by atoms with Crippen molar-refractivity contribution in [2.45, 2.75) is 55.9 Å². The van der Waals surface area contributed by atoms with Crippen molar-refractivity contribution in [2.75, 3.05) is 0 Å². The molecule has 0 spiro atoms. The summed E-state index contributed by atoms with van der Waals surface area (Å²) < 4.78 is 2.52. The first-order valence-electron chi connectivity index (χ1n) is 6.73. The topological polar surface area (TPSA) is 20.3 Å². The molecule has 2 saturated heterocycles. The number of hydrogen-bond acceptors (Lipinski definition) is 3. The molecule has 3 aliphatic rings. The Morgan fingerprint density at radius 2 is 2.00 bits per heavy atom. The fourth-order valence-corrected chi connectivity index (χ4v) is 4.63. The molecule has 0 saturated carbocycles. The Morgan fingerprint density at radius 3 is 2.61 bits per heavy atom. The van der Waals surface area contributed by atoms with Gasteiger partial charge >= 0.3 is 0 Å².